The lowest BCUT2D eigenvalue weighted by Crippen LogP contribution is -2.11. The summed E-state index contributed by atoms with van der Waals surface area (Å²) in [4.78, 5) is 0. The number of rotatable bonds is 4. The van der Waals surface area contributed by atoms with Gasteiger partial charge in [0.25, 0.3) is 0 Å². The van der Waals surface area contributed by atoms with Gasteiger partial charge >= 0.3 is 0 Å². The molecule has 2 rings (SSSR count). The summed E-state index contributed by atoms with van der Waals surface area (Å²) < 4.78 is 0. The van der Waals surface area contributed by atoms with Gasteiger partial charge in [-0.15, -0.1) is 0 Å². The minimum absolute atomic E-state index is 0.182. The molecule has 1 N–H and O–H groups in total. The largest absolute Gasteiger partial charge is 0.382 e. The van der Waals surface area contributed by atoms with Crippen molar-refractivity contribution in [3.8, 4) is 6.07 Å². The average Bonchev–Trinajstić information content (AvgIpc) is 2.43. The molecule has 2 aromatic rings. The van der Waals surface area contributed by atoms with E-state index in [9.17, 15) is 5.26 Å². The first kappa shape index (κ1) is 13.5. The third kappa shape index (κ3) is 3.49. The predicted molar refractivity (Wildman–Crippen MR) is 79.5 cm³/mol. The normalized spacial score (nSPS) is 11.6. The highest BCUT2D eigenvalue weighted by Gasteiger charge is 2.10. The second-order valence-electron chi connectivity index (χ2n) is 4.46. The quantitative estimate of drug-likeness (QED) is 0.896. The van der Waals surface area contributed by atoms with Crippen LogP contribution < -0.4 is 5.32 Å². The number of nitrogens with zero attached hydrogens (tertiary/aromatic N) is 1. The smallest absolute Gasteiger partial charge is 0.0885 e. The van der Waals surface area contributed by atoms with Gasteiger partial charge in [-0.25, -0.2) is 0 Å². The fourth-order valence-electron chi connectivity index (χ4n) is 1.90. The molecule has 0 aliphatic rings. The Kier molecular flexibility index (Phi) is 4.43. The Morgan fingerprint density at radius 1 is 1.21 bits per heavy atom. The van der Waals surface area contributed by atoms with Crippen LogP contribution in [0.5, 0.6) is 0 Å². The van der Waals surface area contributed by atoms with Crippen molar-refractivity contribution in [1.82, 2.24) is 0 Å². The Bertz CT molecular complexity index is 587. The summed E-state index contributed by atoms with van der Waals surface area (Å²) in [5, 5.41) is 13.2. The second kappa shape index (κ2) is 6.26. The van der Waals surface area contributed by atoms with E-state index in [1.807, 2.05) is 55.5 Å². The lowest BCUT2D eigenvalue weighted by atomic mass is 10.0. The van der Waals surface area contributed by atoms with Crippen molar-refractivity contribution < 1.29 is 0 Å². The number of anilines is 1. The maximum Gasteiger partial charge on any atom is 0.0885 e. The number of aryl methyl sites for hydroxylation is 1. The zero-order valence-electron chi connectivity index (χ0n) is 10.7. The van der Waals surface area contributed by atoms with Crippen LogP contribution in [0, 0.1) is 18.3 Å². The monoisotopic (exact) mass is 270 g/mol. The molecular weight excluding hydrogens is 256 g/mol. The maximum atomic E-state index is 9.25. The van der Waals surface area contributed by atoms with E-state index in [4.69, 9.17) is 11.6 Å². The number of hydrogen-bond donors (Lipinski definition) is 1. The minimum Gasteiger partial charge on any atom is -0.382 e. The first-order chi connectivity index (χ1) is 9.20. The van der Waals surface area contributed by atoms with Crippen LogP contribution in [-0.4, -0.2) is 6.54 Å². The Labute approximate surface area is 118 Å². The fourth-order valence-corrected chi connectivity index (χ4v) is 2.20. The molecule has 0 spiro atoms. The molecule has 0 heterocycles. The van der Waals surface area contributed by atoms with Gasteiger partial charge in [-0.1, -0.05) is 48.0 Å². The van der Waals surface area contributed by atoms with E-state index in [-0.39, 0.29) is 5.92 Å². The number of hydrogen-bond acceptors (Lipinski definition) is 2. The molecule has 0 fully saturated rings. The first-order valence-corrected chi connectivity index (χ1v) is 6.53. The molecule has 3 heteroatoms. The molecule has 0 saturated carbocycles. The van der Waals surface area contributed by atoms with Crippen molar-refractivity contribution in [3.63, 3.8) is 0 Å². The van der Waals surface area contributed by atoms with Crippen LogP contribution in [0.4, 0.5) is 5.69 Å². The maximum absolute atomic E-state index is 9.25. The zero-order valence-corrected chi connectivity index (χ0v) is 11.5. The van der Waals surface area contributed by atoms with Crippen LogP contribution in [-0.2, 0) is 0 Å². The van der Waals surface area contributed by atoms with Crippen LogP contribution in [0.1, 0.15) is 17.0 Å². The first-order valence-electron chi connectivity index (χ1n) is 6.15. The topological polar surface area (TPSA) is 35.8 Å². The van der Waals surface area contributed by atoms with Crippen LogP contribution in [0.2, 0.25) is 5.02 Å². The van der Waals surface area contributed by atoms with Crippen LogP contribution in [0.15, 0.2) is 48.5 Å². The molecule has 19 heavy (non-hydrogen) atoms. The molecule has 0 aliphatic carbocycles. The molecule has 0 bridgehead atoms. The van der Waals surface area contributed by atoms with Gasteiger partial charge in [0.1, 0.15) is 0 Å². The van der Waals surface area contributed by atoms with Crippen LogP contribution in [0.3, 0.4) is 0 Å². The standard InChI is InChI=1S/C16H15ClN2/c1-12-7-8-16(15(17)9-12)19-11-14(10-18)13-5-3-2-4-6-13/h2-9,14,19H,11H2,1H3. The third-order valence-electron chi connectivity index (χ3n) is 2.98. The Morgan fingerprint density at radius 3 is 2.58 bits per heavy atom. The summed E-state index contributed by atoms with van der Waals surface area (Å²) in [6.45, 7) is 2.54. The van der Waals surface area contributed by atoms with Crippen molar-refractivity contribution in [3.05, 3.63) is 64.7 Å². The lowest BCUT2D eigenvalue weighted by molar-refractivity contribution is 0.901. The van der Waals surface area contributed by atoms with Crippen LogP contribution >= 0.6 is 11.6 Å². The Hall–Kier alpha value is -1.98. The summed E-state index contributed by atoms with van der Waals surface area (Å²) in [6.07, 6.45) is 0. The van der Waals surface area contributed by atoms with E-state index in [0.29, 0.717) is 11.6 Å². The molecule has 1 unspecified atom stereocenters. The number of halogens is 1. The van der Waals surface area contributed by atoms with Crippen molar-refractivity contribution >= 4 is 17.3 Å². The van der Waals surface area contributed by atoms with Gasteiger partial charge in [-0.05, 0) is 30.2 Å². The second-order valence-corrected chi connectivity index (χ2v) is 4.86. The molecule has 2 nitrogen and oxygen atoms in total. The van der Waals surface area contributed by atoms with E-state index in [2.05, 4.69) is 11.4 Å². The van der Waals surface area contributed by atoms with E-state index >= 15 is 0 Å². The average molecular weight is 271 g/mol. The molecule has 0 saturated heterocycles. The van der Waals surface area contributed by atoms with E-state index in [1.165, 1.54) is 0 Å². The molecule has 0 aromatic heterocycles. The van der Waals surface area contributed by atoms with E-state index in [1.54, 1.807) is 0 Å². The third-order valence-corrected chi connectivity index (χ3v) is 3.29. The lowest BCUT2D eigenvalue weighted by Gasteiger charge is -2.13. The molecule has 2 aromatic carbocycles. The van der Waals surface area contributed by atoms with Gasteiger partial charge in [0, 0.05) is 6.54 Å². The molecule has 96 valence electrons. The predicted octanol–water partition coefficient (Wildman–Crippen LogP) is 4.37. The highest BCUT2D eigenvalue weighted by Crippen LogP contribution is 2.24. The van der Waals surface area contributed by atoms with Gasteiger partial charge in [-0.2, -0.15) is 5.26 Å². The Balaban J connectivity index is 2.07. The highest BCUT2D eigenvalue weighted by atomic mass is 35.5. The summed E-state index contributed by atoms with van der Waals surface area (Å²) in [7, 11) is 0. The van der Waals surface area contributed by atoms with E-state index in [0.717, 1.165) is 16.8 Å². The molecular formula is C16H15ClN2. The van der Waals surface area contributed by atoms with Crippen molar-refractivity contribution in [2.75, 3.05) is 11.9 Å². The minimum atomic E-state index is -0.182. The van der Waals surface area contributed by atoms with Crippen molar-refractivity contribution in [1.29, 1.82) is 5.26 Å². The fraction of sp³-hybridized carbons (Fsp3) is 0.188. The zero-order chi connectivity index (χ0) is 13.7. The highest BCUT2D eigenvalue weighted by molar-refractivity contribution is 6.33. The van der Waals surface area contributed by atoms with Gasteiger partial charge in [0.15, 0.2) is 0 Å². The van der Waals surface area contributed by atoms with Gasteiger partial charge in [0.2, 0.25) is 0 Å². The Morgan fingerprint density at radius 2 is 1.95 bits per heavy atom. The molecule has 0 aliphatic heterocycles. The summed E-state index contributed by atoms with van der Waals surface area (Å²) >= 11 is 6.16. The van der Waals surface area contributed by atoms with Crippen LogP contribution in [0.25, 0.3) is 0 Å². The van der Waals surface area contributed by atoms with Gasteiger partial charge in [0.05, 0.1) is 22.7 Å². The molecule has 0 amide bonds. The summed E-state index contributed by atoms with van der Waals surface area (Å²) in [6, 6.07) is 17.9. The summed E-state index contributed by atoms with van der Waals surface area (Å²) in [5.74, 6) is -0.182. The number of benzene rings is 2. The van der Waals surface area contributed by atoms with Gasteiger partial charge in [-0.3, -0.25) is 0 Å². The van der Waals surface area contributed by atoms with Gasteiger partial charge < -0.3 is 5.32 Å². The van der Waals surface area contributed by atoms with E-state index < -0.39 is 0 Å². The van der Waals surface area contributed by atoms with Crippen molar-refractivity contribution in [2.24, 2.45) is 0 Å². The molecule has 0 radical (unpaired) electrons. The summed E-state index contributed by atoms with van der Waals surface area (Å²) in [5.41, 5.74) is 3.00. The van der Waals surface area contributed by atoms with Crippen molar-refractivity contribution in [2.45, 2.75) is 12.8 Å². The molecule has 1 atom stereocenters. The number of nitriles is 1. The number of nitrogens with one attached hydrogen (secondary N) is 1. The SMILES string of the molecule is Cc1ccc(NCC(C#N)c2ccccc2)c(Cl)c1.